The van der Waals surface area contributed by atoms with Crippen molar-refractivity contribution < 1.29 is 14.0 Å². The van der Waals surface area contributed by atoms with Crippen LogP contribution in [0.15, 0.2) is 30.2 Å². The van der Waals surface area contributed by atoms with Gasteiger partial charge in [0.15, 0.2) is 0 Å². The van der Waals surface area contributed by atoms with Crippen LogP contribution in [0, 0.1) is 0 Å². The summed E-state index contributed by atoms with van der Waals surface area (Å²) in [7, 11) is -0.291. The minimum atomic E-state index is -0.292. The highest BCUT2D eigenvalue weighted by Gasteiger charge is 2.50. The third kappa shape index (κ3) is 2.27. The Morgan fingerprint density at radius 3 is 2.40 bits per heavy atom. The molecule has 0 bridgehead atoms. The summed E-state index contributed by atoms with van der Waals surface area (Å²) in [6.07, 6.45) is 0.890. The van der Waals surface area contributed by atoms with Gasteiger partial charge in [-0.3, -0.25) is 0 Å². The molecule has 0 unspecified atom stereocenters. The highest BCUT2D eigenvalue weighted by atomic mass is 16.7. The Kier molecular flexibility index (Phi) is 3.18. The van der Waals surface area contributed by atoms with Gasteiger partial charge in [-0.2, -0.15) is 0 Å². The van der Waals surface area contributed by atoms with E-state index in [4.69, 9.17) is 14.0 Å². The fraction of sp³-hybridized carbons (Fsp3) is 0.500. The summed E-state index contributed by atoms with van der Waals surface area (Å²) in [6.45, 7) is 9.00. The van der Waals surface area contributed by atoms with E-state index >= 15 is 0 Å². The average Bonchev–Trinajstić information content (AvgIpc) is 2.58. The molecular weight excluding hydrogens is 251 g/mol. The van der Waals surface area contributed by atoms with E-state index in [0.717, 1.165) is 17.7 Å². The summed E-state index contributed by atoms with van der Waals surface area (Å²) in [5, 5.41) is 0. The predicted octanol–water partition coefficient (Wildman–Crippen LogP) is 3.48. The maximum atomic E-state index is 6.04. The van der Waals surface area contributed by atoms with Crippen LogP contribution in [0.5, 0.6) is 5.75 Å². The van der Waals surface area contributed by atoms with Crippen molar-refractivity contribution in [3.05, 3.63) is 35.8 Å². The molecule has 0 spiro atoms. The van der Waals surface area contributed by atoms with Gasteiger partial charge in [0, 0.05) is 12.0 Å². The minimum Gasteiger partial charge on any atom is -0.493 e. The molecule has 1 aromatic rings. The summed E-state index contributed by atoms with van der Waals surface area (Å²) in [4.78, 5) is 0. The molecule has 3 rings (SSSR count). The van der Waals surface area contributed by atoms with Crippen molar-refractivity contribution in [3.8, 4) is 5.75 Å². The third-order valence-corrected chi connectivity index (χ3v) is 4.47. The molecule has 1 aromatic carbocycles. The van der Waals surface area contributed by atoms with Crippen LogP contribution in [0.3, 0.4) is 0 Å². The van der Waals surface area contributed by atoms with Crippen LogP contribution in [0.25, 0.3) is 5.57 Å². The van der Waals surface area contributed by atoms with Crippen molar-refractivity contribution in [1.29, 1.82) is 0 Å². The van der Waals surface area contributed by atoms with E-state index < -0.39 is 0 Å². The summed E-state index contributed by atoms with van der Waals surface area (Å²) in [5.41, 5.74) is 1.80. The number of hydrogen-bond donors (Lipinski definition) is 0. The Hall–Kier alpha value is -1.26. The van der Waals surface area contributed by atoms with Crippen molar-refractivity contribution in [1.82, 2.24) is 0 Å². The molecular formula is C16H21BO3. The van der Waals surface area contributed by atoms with Gasteiger partial charge in [-0.15, -0.1) is 0 Å². The number of hydrogen-bond acceptors (Lipinski definition) is 3. The van der Waals surface area contributed by atoms with Crippen molar-refractivity contribution >= 4 is 12.7 Å². The fourth-order valence-electron chi connectivity index (χ4n) is 2.56. The zero-order valence-corrected chi connectivity index (χ0v) is 12.6. The molecule has 2 aliphatic heterocycles. The van der Waals surface area contributed by atoms with Crippen LogP contribution in [0.4, 0.5) is 0 Å². The molecule has 106 valence electrons. The van der Waals surface area contributed by atoms with Crippen LogP contribution in [-0.2, 0) is 9.31 Å². The molecule has 0 aromatic heterocycles. The quantitative estimate of drug-likeness (QED) is 0.732. The maximum absolute atomic E-state index is 6.04. The monoisotopic (exact) mass is 272 g/mol. The lowest BCUT2D eigenvalue weighted by atomic mass is 9.83. The molecule has 2 heterocycles. The van der Waals surface area contributed by atoms with Gasteiger partial charge >= 0.3 is 7.12 Å². The number of benzene rings is 1. The lowest BCUT2D eigenvalue weighted by molar-refractivity contribution is 0.00578. The second-order valence-corrected chi connectivity index (χ2v) is 6.41. The van der Waals surface area contributed by atoms with Crippen molar-refractivity contribution in [2.75, 3.05) is 6.61 Å². The van der Waals surface area contributed by atoms with E-state index in [1.54, 1.807) is 0 Å². The molecule has 3 nitrogen and oxygen atoms in total. The molecule has 1 saturated heterocycles. The van der Waals surface area contributed by atoms with E-state index in [9.17, 15) is 0 Å². The van der Waals surface area contributed by atoms with Gasteiger partial charge in [-0.05, 0) is 39.3 Å². The molecule has 0 aliphatic carbocycles. The summed E-state index contributed by atoms with van der Waals surface area (Å²) >= 11 is 0. The van der Waals surface area contributed by atoms with Gasteiger partial charge < -0.3 is 14.0 Å². The summed E-state index contributed by atoms with van der Waals surface area (Å²) in [6, 6.07) is 8.13. The van der Waals surface area contributed by atoms with Gasteiger partial charge in [0.2, 0.25) is 0 Å². The second kappa shape index (κ2) is 4.64. The van der Waals surface area contributed by atoms with Gasteiger partial charge in [-0.25, -0.2) is 0 Å². The molecule has 4 heteroatoms. The number of rotatable bonds is 1. The summed E-state index contributed by atoms with van der Waals surface area (Å²) < 4.78 is 17.8. The normalized spacial score (nSPS) is 25.4. The molecule has 1 fully saturated rings. The van der Waals surface area contributed by atoms with Crippen molar-refractivity contribution in [2.45, 2.75) is 45.3 Å². The number of para-hydroxylation sites is 1. The van der Waals surface area contributed by atoms with Crippen LogP contribution >= 0.6 is 0 Å². The first kappa shape index (κ1) is 13.7. The molecule has 0 N–H and O–H groups in total. The van der Waals surface area contributed by atoms with Crippen LogP contribution in [-0.4, -0.2) is 24.9 Å². The molecule has 20 heavy (non-hydrogen) atoms. The SMILES string of the molecule is CC1(C)OB(/C=C2\CCOc3ccccc32)OC1(C)C. The summed E-state index contributed by atoms with van der Waals surface area (Å²) in [5.74, 6) is 3.04. The minimum absolute atomic E-state index is 0.291. The fourth-order valence-corrected chi connectivity index (χ4v) is 2.56. The molecule has 0 saturated carbocycles. The number of ether oxygens (including phenoxy) is 1. The van der Waals surface area contributed by atoms with E-state index in [-0.39, 0.29) is 18.3 Å². The Morgan fingerprint density at radius 2 is 1.70 bits per heavy atom. The van der Waals surface area contributed by atoms with E-state index in [1.165, 1.54) is 5.57 Å². The molecule has 2 aliphatic rings. The molecule has 0 atom stereocenters. The standard InChI is InChI=1S/C16H21BO3/c1-15(2)16(3,4)20-17(19-15)11-12-9-10-18-14-8-6-5-7-13(12)14/h5-8,11H,9-10H2,1-4H3/b12-11+. The highest BCUT2D eigenvalue weighted by molar-refractivity contribution is 6.53. The third-order valence-electron chi connectivity index (χ3n) is 4.47. The Labute approximate surface area is 121 Å². The van der Waals surface area contributed by atoms with Crippen molar-refractivity contribution in [3.63, 3.8) is 0 Å². The topological polar surface area (TPSA) is 27.7 Å². The predicted molar refractivity (Wildman–Crippen MR) is 80.6 cm³/mol. The van der Waals surface area contributed by atoms with Gasteiger partial charge in [0.25, 0.3) is 0 Å². The maximum Gasteiger partial charge on any atom is 0.487 e. The molecule has 0 amide bonds. The van der Waals surface area contributed by atoms with Gasteiger partial charge in [0.05, 0.1) is 17.8 Å². The lowest BCUT2D eigenvalue weighted by Gasteiger charge is -2.32. The van der Waals surface area contributed by atoms with E-state index in [0.29, 0.717) is 6.61 Å². The van der Waals surface area contributed by atoms with Crippen molar-refractivity contribution in [2.24, 2.45) is 0 Å². The Bertz CT molecular complexity index is 532. The average molecular weight is 272 g/mol. The second-order valence-electron chi connectivity index (χ2n) is 6.41. The highest BCUT2D eigenvalue weighted by Crippen LogP contribution is 2.39. The smallest absolute Gasteiger partial charge is 0.487 e. The zero-order valence-electron chi connectivity index (χ0n) is 12.6. The van der Waals surface area contributed by atoms with Gasteiger partial charge in [0.1, 0.15) is 5.75 Å². The lowest BCUT2D eigenvalue weighted by Crippen LogP contribution is -2.41. The Morgan fingerprint density at radius 1 is 1.05 bits per heavy atom. The largest absolute Gasteiger partial charge is 0.493 e. The first-order valence-electron chi connectivity index (χ1n) is 7.18. The molecule has 0 radical (unpaired) electrons. The first-order chi connectivity index (χ1) is 9.39. The Balaban J connectivity index is 1.88. The van der Waals surface area contributed by atoms with Crippen LogP contribution < -0.4 is 4.74 Å². The van der Waals surface area contributed by atoms with E-state index in [1.807, 2.05) is 18.2 Å². The van der Waals surface area contributed by atoms with Crippen LogP contribution in [0.1, 0.15) is 39.7 Å². The van der Waals surface area contributed by atoms with Crippen LogP contribution in [0.2, 0.25) is 0 Å². The number of fused-ring (bicyclic) bond motifs is 1. The van der Waals surface area contributed by atoms with E-state index in [2.05, 4.69) is 39.7 Å². The first-order valence-corrected chi connectivity index (χ1v) is 7.18. The van der Waals surface area contributed by atoms with Gasteiger partial charge in [-0.1, -0.05) is 24.2 Å². The zero-order chi connectivity index (χ0) is 14.4.